The maximum atomic E-state index is 11.6. The van der Waals surface area contributed by atoms with E-state index in [9.17, 15) is 18.3 Å². The molecule has 0 aromatic rings. The van der Waals surface area contributed by atoms with Gasteiger partial charge < -0.3 is 9.90 Å². The monoisotopic (exact) mass is 332 g/mol. The van der Waals surface area contributed by atoms with Crippen LogP contribution in [0.5, 0.6) is 0 Å². The summed E-state index contributed by atoms with van der Waals surface area (Å²) in [6.45, 7) is 5.66. The van der Waals surface area contributed by atoms with E-state index >= 15 is 0 Å². The summed E-state index contributed by atoms with van der Waals surface area (Å²) >= 11 is 0. The molecule has 0 spiro atoms. The molecule has 2 aliphatic carbocycles. The Labute approximate surface area is 133 Å². The Balaban J connectivity index is 2.28. The van der Waals surface area contributed by atoms with Gasteiger partial charge in [-0.3, -0.25) is 4.18 Å². The second kappa shape index (κ2) is 5.87. The molecular weight excluding hydrogens is 304 g/mol. The van der Waals surface area contributed by atoms with E-state index in [0.29, 0.717) is 12.8 Å². The van der Waals surface area contributed by atoms with Crippen molar-refractivity contribution in [1.29, 1.82) is 0 Å². The first-order valence-electron chi connectivity index (χ1n) is 8.03. The standard InChI is InChI=1S/C16H28O5S/c1-15(2,18)12-7-8-16(3)13(9-12)11(10-17)5-6-14(16)21-22(4,19)20/h10-14,18H,5-9H2,1-4H3/t11-,12-,13+,14-,16-/m1/s1. The average molecular weight is 332 g/mol. The predicted molar refractivity (Wildman–Crippen MR) is 83.7 cm³/mol. The molecule has 0 heterocycles. The highest BCUT2D eigenvalue weighted by molar-refractivity contribution is 7.86. The van der Waals surface area contributed by atoms with Crippen LogP contribution in [0.4, 0.5) is 0 Å². The van der Waals surface area contributed by atoms with Gasteiger partial charge in [0.05, 0.1) is 18.0 Å². The van der Waals surface area contributed by atoms with Crippen LogP contribution in [0.25, 0.3) is 0 Å². The molecule has 0 bridgehead atoms. The molecule has 0 radical (unpaired) electrons. The van der Waals surface area contributed by atoms with E-state index in [2.05, 4.69) is 0 Å². The lowest BCUT2D eigenvalue weighted by Crippen LogP contribution is -2.53. The molecule has 22 heavy (non-hydrogen) atoms. The predicted octanol–water partition coefficient (Wildman–Crippen LogP) is 2.13. The van der Waals surface area contributed by atoms with Crippen LogP contribution in [-0.2, 0) is 19.1 Å². The highest BCUT2D eigenvalue weighted by Gasteiger charge is 2.54. The Kier molecular flexibility index (Phi) is 4.78. The molecule has 5 nitrogen and oxygen atoms in total. The van der Waals surface area contributed by atoms with Gasteiger partial charge in [-0.05, 0) is 63.2 Å². The highest BCUT2D eigenvalue weighted by atomic mass is 32.2. The number of carbonyl (C=O) groups is 1. The summed E-state index contributed by atoms with van der Waals surface area (Å²) in [5.74, 6) is 0.121. The maximum Gasteiger partial charge on any atom is 0.264 e. The summed E-state index contributed by atoms with van der Waals surface area (Å²) in [5, 5.41) is 10.3. The molecule has 128 valence electrons. The van der Waals surface area contributed by atoms with Gasteiger partial charge >= 0.3 is 0 Å². The van der Waals surface area contributed by atoms with Gasteiger partial charge in [-0.25, -0.2) is 0 Å². The summed E-state index contributed by atoms with van der Waals surface area (Å²) in [7, 11) is -3.52. The van der Waals surface area contributed by atoms with Gasteiger partial charge in [0.15, 0.2) is 0 Å². The Morgan fingerprint density at radius 3 is 2.41 bits per heavy atom. The molecule has 0 aromatic carbocycles. The second-order valence-corrected chi connectivity index (χ2v) is 9.50. The third kappa shape index (κ3) is 3.54. The van der Waals surface area contributed by atoms with Crippen LogP contribution in [0.1, 0.15) is 52.9 Å². The summed E-state index contributed by atoms with van der Waals surface area (Å²) in [5.41, 5.74) is -1.10. The minimum absolute atomic E-state index is 0.0654. The number of fused-ring (bicyclic) bond motifs is 1. The lowest BCUT2D eigenvalue weighted by atomic mass is 9.52. The quantitative estimate of drug-likeness (QED) is 0.630. The molecule has 0 unspecified atom stereocenters. The molecule has 5 atom stereocenters. The fourth-order valence-corrected chi connectivity index (χ4v) is 5.21. The van der Waals surface area contributed by atoms with Crippen LogP contribution < -0.4 is 0 Å². The van der Waals surface area contributed by atoms with E-state index in [4.69, 9.17) is 4.18 Å². The van der Waals surface area contributed by atoms with Gasteiger partial charge in [-0.2, -0.15) is 8.42 Å². The van der Waals surface area contributed by atoms with Gasteiger partial charge in [0, 0.05) is 5.92 Å². The average Bonchev–Trinajstić information content (AvgIpc) is 2.36. The number of hydrogen-bond donors (Lipinski definition) is 1. The zero-order valence-electron chi connectivity index (χ0n) is 13.9. The van der Waals surface area contributed by atoms with Crippen LogP contribution in [0, 0.1) is 23.2 Å². The Morgan fingerprint density at radius 2 is 1.91 bits per heavy atom. The maximum absolute atomic E-state index is 11.6. The molecule has 2 rings (SSSR count). The van der Waals surface area contributed by atoms with E-state index in [1.165, 1.54) is 0 Å². The van der Waals surface area contributed by atoms with Crippen LogP contribution in [0.15, 0.2) is 0 Å². The second-order valence-electron chi connectivity index (χ2n) is 7.90. The van der Waals surface area contributed by atoms with Crippen molar-refractivity contribution in [3.8, 4) is 0 Å². The van der Waals surface area contributed by atoms with E-state index in [0.717, 1.165) is 31.8 Å². The first-order valence-corrected chi connectivity index (χ1v) is 9.85. The molecule has 2 aliphatic rings. The normalized spacial score (nSPS) is 40.0. The lowest BCUT2D eigenvalue weighted by molar-refractivity contribution is -0.135. The van der Waals surface area contributed by atoms with Crippen LogP contribution in [0.2, 0.25) is 0 Å². The number of hydrogen-bond acceptors (Lipinski definition) is 5. The Hall–Kier alpha value is -0.460. The summed E-state index contributed by atoms with van der Waals surface area (Å²) in [6, 6.07) is 0. The van der Waals surface area contributed by atoms with Crippen molar-refractivity contribution in [2.45, 2.75) is 64.6 Å². The molecule has 0 aromatic heterocycles. The van der Waals surface area contributed by atoms with E-state index < -0.39 is 15.7 Å². The molecule has 6 heteroatoms. The first-order chi connectivity index (χ1) is 9.97. The van der Waals surface area contributed by atoms with Crippen molar-refractivity contribution in [3.05, 3.63) is 0 Å². The smallest absolute Gasteiger partial charge is 0.264 e. The van der Waals surface area contributed by atoms with Crippen molar-refractivity contribution in [2.24, 2.45) is 23.2 Å². The fraction of sp³-hybridized carbons (Fsp3) is 0.938. The number of rotatable bonds is 4. The van der Waals surface area contributed by atoms with Crippen LogP contribution in [-0.4, -0.2) is 37.8 Å². The zero-order valence-corrected chi connectivity index (χ0v) is 14.7. The van der Waals surface area contributed by atoms with Crippen molar-refractivity contribution in [1.82, 2.24) is 0 Å². The van der Waals surface area contributed by atoms with Gasteiger partial charge in [-0.1, -0.05) is 6.92 Å². The van der Waals surface area contributed by atoms with Crippen molar-refractivity contribution in [3.63, 3.8) is 0 Å². The van der Waals surface area contributed by atoms with Gasteiger partial charge in [0.25, 0.3) is 10.1 Å². The van der Waals surface area contributed by atoms with E-state index in [1.54, 1.807) is 0 Å². The summed E-state index contributed by atoms with van der Waals surface area (Å²) in [4.78, 5) is 11.5. The van der Waals surface area contributed by atoms with Crippen LogP contribution in [0.3, 0.4) is 0 Å². The van der Waals surface area contributed by atoms with E-state index in [-0.39, 0.29) is 29.3 Å². The molecule has 0 amide bonds. The number of aliphatic hydroxyl groups is 1. The summed E-state index contributed by atoms with van der Waals surface area (Å²) in [6.07, 6.45) is 5.31. The minimum Gasteiger partial charge on any atom is -0.390 e. The SMILES string of the molecule is CC(C)(O)[C@@H]1CC[C@@]2(C)[C@H](OS(C)(=O)=O)CC[C@H](C=O)[C@@H]2C1. The highest BCUT2D eigenvalue weighted by Crippen LogP contribution is 2.56. The number of carbonyl (C=O) groups excluding carboxylic acids is 1. The van der Waals surface area contributed by atoms with Crippen LogP contribution >= 0.6 is 0 Å². The van der Waals surface area contributed by atoms with Gasteiger partial charge in [-0.15, -0.1) is 0 Å². The molecule has 0 saturated heterocycles. The lowest BCUT2D eigenvalue weighted by Gasteiger charge is -2.54. The summed E-state index contributed by atoms with van der Waals surface area (Å²) < 4.78 is 28.5. The first kappa shape index (κ1) is 17.9. The van der Waals surface area contributed by atoms with E-state index in [1.807, 2.05) is 20.8 Å². The van der Waals surface area contributed by atoms with Gasteiger partial charge in [0.2, 0.25) is 0 Å². The number of aldehydes is 1. The minimum atomic E-state index is -3.52. The fourth-order valence-electron chi connectivity index (χ4n) is 4.48. The van der Waals surface area contributed by atoms with Crippen molar-refractivity contribution < 1.29 is 22.5 Å². The molecule has 2 saturated carbocycles. The molecule has 1 N–H and O–H groups in total. The molecule has 0 aliphatic heterocycles. The Bertz CT molecular complexity index is 521. The third-order valence-electron chi connectivity index (χ3n) is 5.90. The van der Waals surface area contributed by atoms with Crippen molar-refractivity contribution in [2.75, 3.05) is 6.26 Å². The molecule has 2 fully saturated rings. The van der Waals surface area contributed by atoms with Crippen molar-refractivity contribution >= 4 is 16.4 Å². The van der Waals surface area contributed by atoms with Gasteiger partial charge in [0.1, 0.15) is 6.29 Å². The Morgan fingerprint density at radius 1 is 1.27 bits per heavy atom. The largest absolute Gasteiger partial charge is 0.390 e. The molecular formula is C16H28O5S. The topological polar surface area (TPSA) is 80.7 Å². The zero-order chi connectivity index (χ0) is 16.8. The third-order valence-corrected chi connectivity index (χ3v) is 6.48.